The number of ether oxygens (including phenoxy) is 1. The monoisotopic (exact) mass is 584 g/mol. The summed E-state index contributed by atoms with van der Waals surface area (Å²) in [5.41, 5.74) is 2.97. The molecule has 0 bridgehead atoms. The fourth-order valence-electron chi connectivity index (χ4n) is 3.91. The van der Waals surface area contributed by atoms with E-state index in [4.69, 9.17) is 16.3 Å². The smallest absolute Gasteiger partial charge is 0.261 e. The summed E-state index contributed by atoms with van der Waals surface area (Å²) in [4.78, 5) is 28.8. The van der Waals surface area contributed by atoms with Gasteiger partial charge in [-0.3, -0.25) is 9.59 Å². The molecule has 0 radical (unpaired) electrons. The standard InChI is InChI=1S/C30H34BrClN2O3/c1-4-22-13-14-28(26(31)16-22)37-20-29(35)34(19-24-11-8-12-25(32)15-24)27(30(36)33-18-21(2)3)17-23-9-6-5-7-10-23/h5-16,21,27H,4,17-20H2,1-3H3,(H,33,36)/t27-/m0/s1. The lowest BCUT2D eigenvalue weighted by atomic mass is 10.0. The highest BCUT2D eigenvalue weighted by Crippen LogP contribution is 2.26. The molecule has 0 aromatic heterocycles. The summed E-state index contributed by atoms with van der Waals surface area (Å²) in [6.07, 6.45) is 1.28. The molecule has 0 aliphatic carbocycles. The molecule has 5 nitrogen and oxygen atoms in total. The van der Waals surface area contributed by atoms with E-state index in [-0.39, 0.29) is 30.9 Å². The van der Waals surface area contributed by atoms with Crippen molar-refractivity contribution in [3.63, 3.8) is 0 Å². The van der Waals surface area contributed by atoms with Gasteiger partial charge < -0.3 is 15.0 Å². The molecule has 0 fully saturated rings. The largest absolute Gasteiger partial charge is 0.483 e. The average Bonchev–Trinajstić information content (AvgIpc) is 2.89. The minimum absolute atomic E-state index is 0.193. The molecule has 0 aliphatic rings. The molecule has 0 aliphatic heterocycles. The fraction of sp³-hybridized carbons (Fsp3) is 0.333. The molecule has 0 unspecified atom stereocenters. The van der Waals surface area contributed by atoms with Crippen molar-refractivity contribution in [2.24, 2.45) is 5.92 Å². The molecule has 0 spiro atoms. The molecular formula is C30H34BrClN2O3. The van der Waals surface area contributed by atoms with Crippen molar-refractivity contribution in [1.29, 1.82) is 0 Å². The van der Waals surface area contributed by atoms with Gasteiger partial charge in [-0.1, -0.05) is 80.9 Å². The van der Waals surface area contributed by atoms with Crippen molar-refractivity contribution < 1.29 is 14.3 Å². The molecule has 3 aromatic carbocycles. The number of nitrogens with zero attached hydrogens (tertiary/aromatic N) is 1. The van der Waals surface area contributed by atoms with E-state index in [0.717, 1.165) is 27.6 Å². The van der Waals surface area contributed by atoms with Gasteiger partial charge >= 0.3 is 0 Å². The summed E-state index contributed by atoms with van der Waals surface area (Å²) >= 11 is 9.77. The number of amides is 2. The van der Waals surface area contributed by atoms with Crippen LogP contribution in [0.25, 0.3) is 0 Å². The second-order valence-corrected chi connectivity index (χ2v) is 10.7. The van der Waals surface area contributed by atoms with E-state index in [1.54, 1.807) is 11.0 Å². The van der Waals surface area contributed by atoms with Crippen LogP contribution in [-0.2, 0) is 29.0 Å². The summed E-state index contributed by atoms with van der Waals surface area (Å²) < 4.78 is 6.71. The first-order chi connectivity index (χ1) is 17.8. The number of halogens is 2. The summed E-state index contributed by atoms with van der Waals surface area (Å²) in [5, 5.41) is 3.60. The Kier molecular flexibility index (Phi) is 11.0. The minimum Gasteiger partial charge on any atom is -0.483 e. The van der Waals surface area contributed by atoms with Gasteiger partial charge in [0.15, 0.2) is 6.61 Å². The number of hydrogen-bond donors (Lipinski definition) is 1. The van der Waals surface area contributed by atoms with E-state index < -0.39 is 6.04 Å². The number of benzene rings is 3. The molecule has 196 valence electrons. The number of carbonyl (C=O) groups is 2. The van der Waals surface area contributed by atoms with Crippen LogP contribution in [0.1, 0.15) is 37.5 Å². The summed E-state index contributed by atoms with van der Waals surface area (Å²) in [6.45, 7) is 6.71. The third-order valence-electron chi connectivity index (χ3n) is 5.95. The van der Waals surface area contributed by atoms with Gasteiger partial charge in [0.2, 0.25) is 5.91 Å². The van der Waals surface area contributed by atoms with Crippen LogP contribution in [0.5, 0.6) is 5.75 Å². The van der Waals surface area contributed by atoms with Crippen LogP contribution >= 0.6 is 27.5 Å². The third-order valence-corrected chi connectivity index (χ3v) is 6.81. The second-order valence-electron chi connectivity index (χ2n) is 9.40. The van der Waals surface area contributed by atoms with Gasteiger partial charge in [-0.2, -0.15) is 0 Å². The van der Waals surface area contributed by atoms with Crippen LogP contribution in [0, 0.1) is 5.92 Å². The molecule has 0 saturated heterocycles. The number of nitrogens with one attached hydrogen (secondary N) is 1. The van der Waals surface area contributed by atoms with Crippen LogP contribution in [-0.4, -0.2) is 35.9 Å². The van der Waals surface area contributed by atoms with E-state index in [1.807, 2.05) is 80.6 Å². The Bertz CT molecular complexity index is 1190. The Hall–Kier alpha value is -2.83. The highest BCUT2D eigenvalue weighted by molar-refractivity contribution is 9.10. The van der Waals surface area contributed by atoms with Crippen molar-refractivity contribution >= 4 is 39.3 Å². The van der Waals surface area contributed by atoms with Crippen molar-refractivity contribution in [3.05, 3.63) is 99.0 Å². The maximum Gasteiger partial charge on any atom is 0.261 e. The van der Waals surface area contributed by atoms with Crippen molar-refractivity contribution in [3.8, 4) is 5.75 Å². The molecule has 37 heavy (non-hydrogen) atoms. The highest BCUT2D eigenvalue weighted by Gasteiger charge is 2.31. The summed E-state index contributed by atoms with van der Waals surface area (Å²) in [7, 11) is 0. The maximum absolute atomic E-state index is 13.7. The second kappa shape index (κ2) is 14.2. The SMILES string of the molecule is CCc1ccc(OCC(=O)N(Cc2cccc(Cl)c2)[C@@H](Cc2ccccc2)C(=O)NCC(C)C)c(Br)c1. The van der Waals surface area contributed by atoms with E-state index in [2.05, 4.69) is 28.2 Å². The average molecular weight is 586 g/mol. The van der Waals surface area contributed by atoms with Gasteiger partial charge in [-0.25, -0.2) is 0 Å². The lowest BCUT2D eigenvalue weighted by Gasteiger charge is -2.32. The van der Waals surface area contributed by atoms with Crippen LogP contribution in [0.2, 0.25) is 5.02 Å². The van der Waals surface area contributed by atoms with Gasteiger partial charge in [0.1, 0.15) is 11.8 Å². The van der Waals surface area contributed by atoms with Crippen LogP contribution in [0.15, 0.2) is 77.3 Å². The summed E-state index contributed by atoms with van der Waals surface area (Å²) in [5.74, 6) is 0.385. The Balaban J connectivity index is 1.90. The zero-order valence-electron chi connectivity index (χ0n) is 21.5. The van der Waals surface area contributed by atoms with Crippen LogP contribution in [0.3, 0.4) is 0 Å². The van der Waals surface area contributed by atoms with Crippen molar-refractivity contribution in [1.82, 2.24) is 10.2 Å². The van der Waals surface area contributed by atoms with Crippen molar-refractivity contribution in [2.75, 3.05) is 13.2 Å². The number of aryl methyl sites for hydroxylation is 1. The molecule has 0 saturated carbocycles. The molecule has 7 heteroatoms. The van der Waals surface area contributed by atoms with Gasteiger partial charge in [0.05, 0.1) is 4.47 Å². The zero-order chi connectivity index (χ0) is 26.8. The summed E-state index contributed by atoms with van der Waals surface area (Å²) in [6, 6.07) is 22.2. The topological polar surface area (TPSA) is 58.6 Å². The highest BCUT2D eigenvalue weighted by atomic mass is 79.9. The molecule has 1 atom stereocenters. The number of rotatable bonds is 12. The normalized spacial score (nSPS) is 11.7. The first-order valence-electron chi connectivity index (χ1n) is 12.5. The Morgan fingerprint density at radius 1 is 0.973 bits per heavy atom. The predicted molar refractivity (Wildman–Crippen MR) is 153 cm³/mol. The Labute approximate surface area is 233 Å². The Morgan fingerprint density at radius 2 is 1.70 bits per heavy atom. The van der Waals surface area contributed by atoms with E-state index in [9.17, 15) is 9.59 Å². The fourth-order valence-corrected chi connectivity index (χ4v) is 4.67. The van der Waals surface area contributed by atoms with Gasteiger partial charge in [0, 0.05) is 24.5 Å². The van der Waals surface area contributed by atoms with Crippen LogP contribution < -0.4 is 10.1 Å². The predicted octanol–water partition coefficient (Wildman–Crippen LogP) is 6.46. The first-order valence-corrected chi connectivity index (χ1v) is 13.7. The lowest BCUT2D eigenvalue weighted by molar-refractivity contribution is -0.142. The molecule has 3 rings (SSSR count). The lowest BCUT2D eigenvalue weighted by Crippen LogP contribution is -2.52. The minimum atomic E-state index is -0.720. The van der Waals surface area contributed by atoms with Gasteiger partial charge in [-0.05, 0) is 69.2 Å². The van der Waals surface area contributed by atoms with Gasteiger partial charge in [0.25, 0.3) is 5.91 Å². The number of hydrogen-bond acceptors (Lipinski definition) is 3. The van der Waals surface area contributed by atoms with E-state index in [1.165, 1.54) is 0 Å². The molecule has 3 aromatic rings. The van der Waals surface area contributed by atoms with Crippen molar-refractivity contribution in [2.45, 2.75) is 46.2 Å². The number of carbonyl (C=O) groups excluding carboxylic acids is 2. The Morgan fingerprint density at radius 3 is 2.35 bits per heavy atom. The quantitative estimate of drug-likeness (QED) is 0.266. The van der Waals surface area contributed by atoms with E-state index >= 15 is 0 Å². The molecular weight excluding hydrogens is 552 g/mol. The first kappa shape index (κ1) is 28.7. The maximum atomic E-state index is 13.7. The molecule has 0 heterocycles. The van der Waals surface area contributed by atoms with Gasteiger partial charge in [-0.15, -0.1) is 0 Å². The van der Waals surface area contributed by atoms with E-state index in [0.29, 0.717) is 23.7 Å². The third kappa shape index (κ3) is 8.90. The molecule has 1 N–H and O–H groups in total. The molecule has 2 amide bonds. The van der Waals surface area contributed by atoms with Crippen LogP contribution in [0.4, 0.5) is 0 Å². The zero-order valence-corrected chi connectivity index (χ0v) is 23.9.